The van der Waals surface area contributed by atoms with Gasteiger partial charge in [0.15, 0.2) is 0 Å². The molecular formula is C33H54ClNO3. The molecule has 0 spiro atoms. The summed E-state index contributed by atoms with van der Waals surface area (Å²) in [5.74, 6) is 3.93. The lowest BCUT2D eigenvalue weighted by atomic mass is 9.43. The molecule has 0 amide bonds. The number of halogens is 1. The molecule has 0 saturated heterocycles. The molecule has 0 heterocycles. The van der Waals surface area contributed by atoms with Gasteiger partial charge in [-0.15, -0.1) is 0 Å². The monoisotopic (exact) mass is 547 g/mol. The summed E-state index contributed by atoms with van der Waals surface area (Å²) in [5, 5.41) is 35.1. The van der Waals surface area contributed by atoms with E-state index in [4.69, 9.17) is 0 Å². The number of aliphatic hydroxyl groups is 3. The Bertz CT molecular complexity index is 899. The molecule has 12 unspecified atom stereocenters. The highest BCUT2D eigenvalue weighted by atomic mass is 35.5. The van der Waals surface area contributed by atoms with Gasteiger partial charge < -0.3 is 33.0 Å². The molecule has 4 aliphatic rings. The summed E-state index contributed by atoms with van der Waals surface area (Å²) in [6.07, 6.45) is 10.8. The summed E-state index contributed by atoms with van der Waals surface area (Å²) in [6.45, 7) is 10.6. The van der Waals surface area contributed by atoms with E-state index in [-0.39, 0.29) is 36.1 Å². The minimum atomic E-state index is -0.428. The van der Waals surface area contributed by atoms with Gasteiger partial charge in [-0.25, -0.2) is 0 Å². The SMILES string of the molecule is CC(CCC[NH2+]C(C)C(O)c1ccccc1)C1CCC2C3CCC4CC(O)CCC4(C)C3CC(O)C12C.[Cl-]. The van der Waals surface area contributed by atoms with Gasteiger partial charge >= 0.3 is 0 Å². The summed E-state index contributed by atoms with van der Waals surface area (Å²) >= 11 is 0. The summed E-state index contributed by atoms with van der Waals surface area (Å²) < 4.78 is 0. The zero-order valence-electron chi connectivity index (χ0n) is 24.2. The normalized spacial score (nSPS) is 42.7. The van der Waals surface area contributed by atoms with Crippen LogP contribution in [0.1, 0.15) is 104 Å². The molecule has 216 valence electrons. The van der Waals surface area contributed by atoms with Crippen LogP contribution in [-0.4, -0.2) is 40.1 Å². The number of rotatable bonds is 8. The van der Waals surface area contributed by atoms with Crippen LogP contribution in [0, 0.1) is 46.3 Å². The zero-order chi connectivity index (χ0) is 26.4. The van der Waals surface area contributed by atoms with Crippen molar-refractivity contribution >= 4 is 0 Å². The van der Waals surface area contributed by atoms with Gasteiger partial charge in [-0.1, -0.05) is 51.1 Å². The van der Waals surface area contributed by atoms with Gasteiger partial charge in [-0.05, 0) is 123 Å². The third kappa shape index (κ3) is 5.34. The number of benzene rings is 1. The van der Waals surface area contributed by atoms with Gasteiger partial charge in [0.1, 0.15) is 12.1 Å². The Morgan fingerprint density at radius 2 is 1.68 bits per heavy atom. The first-order valence-corrected chi connectivity index (χ1v) is 15.6. The van der Waals surface area contributed by atoms with Crippen LogP contribution >= 0.6 is 0 Å². The second-order valence-electron chi connectivity index (χ2n) is 14.2. The lowest BCUT2D eigenvalue weighted by Gasteiger charge is -2.62. The molecule has 0 bridgehead atoms. The van der Waals surface area contributed by atoms with Crippen molar-refractivity contribution in [2.24, 2.45) is 46.3 Å². The van der Waals surface area contributed by atoms with Crippen LogP contribution in [0.4, 0.5) is 0 Å². The highest BCUT2D eigenvalue weighted by Gasteiger charge is 2.63. The molecule has 4 nitrogen and oxygen atoms in total. The molecule has 0 aliphatic heterocycles. The van der Waals surface area contributed by atoms with Crippen molar-refractivity contribution in [3.63, 3.8) is 0 Å². The lowest BCUT2D eigenvalue weighted by Crippen LogP contribution is -3.00. The molecule has 4 fully saturated rings. The summed E-state index contributed by atoms with van der Waals surface area (Å²) in [5.41, 5.74) is 1.37. The molecule has 4 aliphatic carbocycles. The van der Waals surface area contributed by atoms with Crippen LogP contribution < -0.4 is 17.7 Å². The Balaban J connectivity index is 0.00000336. The summed E-state index contributed by atoms with van der Waals surface area (Å²) in [7, 11) is 0. The Kier molecular flexibility index (Phi) is 9.63. The van der Waals surface area contributed by atoms with E-state index in [2.05, 4.69) is 33.0 Å². The van der Waals surface area contributed by atoms with Gasteiger partial charge in [0, 0.05) is 0 Å². The van der Waals surface area contributed by atoms with Crippen molar-refractivity contribution in [1.29, 1.82) is 0 Å². The number of quaternary nitrogens is 1. The Morgan fingerprint density at radius 3 is 2.42 bits per heavy atom. The second kappa shape index (κ2) is 12.1. The first-order valence-electron chi connectivity index (χ1n) is 15.6. The van der Waals surface area contributed by atoms with Gasteiger partial charge in [0.05, 0.1) is 18.8 Å². The number of hydrogen-bond acceptors (Lipinski definition) is 3. The standard InChI is InChI=1S/C33H53NO3.ClH/c1-21(9-8-18-34-22(2)31(37)23-10-6-5-7-11-23)27-14-15-28-26-13-12-24-19-25(35)16-17-32(24,3)29(26)20-30(36)33(27,28)4;/h5-7,10-11,21-22,24-31,34-37H,8-9,12-20H2,1-4H3;1H. The third-order valence-electron chi connectivity index (χ3n) is 12.5. The van der Waals surface area contributed by atoms with E-state index >= 15 is 0 Å². The highest BCUT2D eigenvalue weighted by molar-refractivity contribution is 5.18. The second-order valence-corrected chi connectivity index (χ2v) is 14.2. The Labute approximate surface area is 237 Å². The summed E-state index contributed by atoms with van der Waals surface area (Å²) in [4.78, 5) is 0. The molecule has 5 rings (SSSR count). The molecule has 0 radical (unpaired) electrons. The molecule has 4 saturated carbocycles. The van der Waals surface area contributed by atoms with E-state index in [1.807, 2.05) is 30.3 Å². The van der Waals surface area contributed by atoms with Gasteiger partial charge in [0.2, 0.25) is 0 Å². The quantitative estimate of drug-likeness (QED) is 0.376. The maximum absolute atomic E-state index is 11.8. The van der Waals surface area contributed by atoms with E-state index in [1.54, 1.807) is 0 Å². The molecule has 0 aromatic heterocycles. The van der Waals surface area contributed by atoms with Crippen molar-refractivity contribution < 1.29 is 33.0 Å². The van der Waals surface area contributed by atoms with E-state index in [0.29, 0.717) is 35.0 Å². The maximum atomic E-state index is 11.8. The van der Waals surface area contributed by atoms with Crippen LogP contribution in [0.2, 0.25) is 0 Å². The number of hydrogen-bond donors (Lipinski definition) is 4. The van der Waals surface area contributed by atoms with Crippen LogP contribution in [-0.2, 0) is 0 Å². The first-order chi connectivity index (χ1) is 17.7. The molecule has 5 N–H and O–H groups in total. The molecule has 1 aromatic carbocycles. The Hall–Kier alpha value is -0.650. The highest BCUT2D eigenvalue weighted by Crippen LogP contribution is 2.68. The molecule has 5 heteroatoms. The predicted molar refractivity (Wildman–Crippen MR) is 149 cm³/mol. The largest absolute Gasteiger partial charge is 1.00 e. The van der Waals surface area contributed by atoms with Crippen molar-refractivity contribution in [2.45, 2.75) is 116 Å². The number of aliphatic hydroxyl groups excluding tert-OH is 3. The van der Waals surface area contributed by atoms with Crippen LogP contribution in [0.5, 0.6) is 0 Å². The van der Waals surface area contributed by atoms with Crippen molar-refractivity contribution in [2.75, 3.05) is 6.54 Å². The average Bonchev–Trinajstić information content (AvgIpc) is 3.26. The van der Waals surface area contributed by atoms with Crippen LogP contribution in [0.25, 0.3) is 0 Å². The lowest BCUT2D eigenvalue weighted by molar-refractivity contribution is -0.694. The molecule has 12 atom stereocenters. The maximum Gasteiger partial charge on any atom is 0.130 e. The predicted octanol–water partition coefficient (Wildman–Crippen LogP) is 2.08. The van der Waals surface area contributed by atoms with Crippen LogP contribution in [0.3, 0.4) is 0 Å². The molecular weight excluding hydrogens is 494 g/mol. The van der Waals surface area contributed by atoms with Gasteiger partial charge in [-0.3, -0.25) is 0 Å². The fourth-order valence-corrected chi connectivity index (χ4v) is 10.3. The van der Waals surface area contributed by atoms with E-state index < -0.39 is 6.10 Å². The topological polar surface area (TPSA) is 77.3 Å². The fourth-order valence-electron chi connectivity index (χ4n) is 10.3. The van der Waals surface area contributed by atoms with Crippen molar-refractivity contribution in [3.8, 4) is 0 Å². The first kappa shape index (κ1) is 30.3. The van der Waals surface area contributed by atoms with Crippen molar-refractivity contribution in [1.82, 2.24) is 0 Å². The van der Waals surface area contributed by atoms with Crippen LogP contribution in [0.15, 0.2) is 30.3 Å². The van der Waals surface area contributed by atoms with Gasteiger partial charge in [-0.2, -0.15) is 0 Å². The number of nitrogens with two attached hydrogens (primary N) is 1. The molecule has 38 heavy (non-hydrogen) atoms. The van der Waals surface area contributed by atoms with Gasteiger partial charge in [0.25, 0.3) is 0 Å². The van der Waals surface area contributed by atoms with Crippen molar-refractivity contribution in [3.05, 3.63) is 35.9 Å². The Morgan fingerprint density at radius 1 is 0.947 bits per heavy atom. The fraction of sp³-hybridized carbons (Fsp3) is 0.818. The number of fused-ring (bicyclic) bond motifs is 5. The average molecular weight is 548 g/mol. The summed E-state index contributed by atoms with van der Waals surface area (Å²) in [6, 6.07) is 10.2. The third-order valence-corrected chi connectivity index (χ3v) is 12.5. The van der Waals surface area contributed by atoms with E-state index in [9.17, 15) is 15.3 Å². The smallest absolute Gasteiger partial charge is 0.130 e. The van der Waals surface area contributed by atoms with E-state index in [1.165, 1.54) is 32.1 Å². The minimum Gasteiger partial charge on any atom is -1.00 e. The minimum absolute atomic E-state index is 0. The van der Waals surface area contributed by atoms with E-state index in [0.717, 1.165) is 50.1 Å². The molecule has 1 aromatic rings. The zero-order valence-corrected chi connectivity index (χ0v) is 25.0.